The highest BCUT2D eigenvalue weighted by Crippen LogP contribution is 2.32. The van der Waals surface area contributed by atoms with Crippen LogP contribution in [0.25, 0.3) is 5.65 Å². The van der Waals surface area contributed by atoms with Gasteiger partial charge in [0.15, 0.2) is 5.65 Å². The number of carbonyl (C=O) groups excluding carboxylic acids is 5. The average molecular weight is 601 g/mol. The van der Waals surface area contributed by atoms with Crippen molar-refractivity contribution >= 4 is 46.7 Å². The summed E-state index contributed by atoms with van der Waals surface area (Å²) in [5.41, 5.74) is 2.75. The molecular weight excluding hydrogens is 564 g/mol. The van der Waals surface area contributed by atoms with E-state index < -0.39 is 29.7 Å². The number of aromatic nitrogens is 3. The van der Waals surface area contributed by atoms with Gasteiger partial charge in [-0.25, -0.2) is 4.98 Å². The van der Waals surface area contributed by atoms with E-state index in [2.05, 4.69) is 44.3 Å². The molecule has 0 radical (unpaired) electrons. The quantitative estimate of drug-likeness (QED) is 0.191. The second-order valence-electron chi connectivity index (χ2n) is 11.6. The smallest absolute Gasteiger partial charge is 0.264 e. The number of hydrogen-bond donors (Lipinski definition) is 4. The third-order valence-electron chi connectivity index (χ3n) is 8.43. The van der Waals surface area contributed by atoms with E-state index in [0.717, 1.165) is 54.2 Å². The van der Waals surface area contributed by atoms with Gasteiger partial charge in [-0.2, -0.15) is 9.61 Å². The minimum absolute atomic E-state index is 0.0327. The van der Waals surface area contributed by atoms with E-state index >= 15 is 0 Å². The number of nitrogens with zero attached hydrogens (tertiary/aromatic N) is 4. The number of benzene rings is 1. The van der Waals surface area contributed by atoms with Gasteiger partial charge in [-0.1, -0.05) is 19.4 Å². The SMILES string of the molecule is CCCc1cc(N[C@@H]2CC[C@@H](NC(=O)CCCNc3cccc4c3C(=O)N(C3CCC(=O)NC3=O)C4=O)C2)n2nccc2n1. The summed E-state index contributed by atoms with van der Waals surface area (Å²) in [5.74, 6) is -1.29. The summed E-state index contributed by atoms with van der Waals surface area (Å²) in [6.07, 6.45) is 7.28. The van der Waals surface area contributed by atoms with Gasteiger partial charge in [0.2, 0.25) is 17.7 Å². The van der Waals surface area contributed by atoms with E-state index in [1.54, 1.807) is 24.4 Å². The van der Waals surface area contributed by atoms with E-state index in [0.29, 0.717) is 25.1 Å². The largest absolute Gasteiger partial charge is 0.384 e. The number of piperidine rings is 1. The number of nitrogens with one attached hydrogen (secondary N) is 4. The lowest BCUT2D eigenvalue weighted by atomic mass is 10.0. The Morgan fingerprint density at radius 3 is 2.73 bits per heavy atom. The van der Waals surface area contributed by atoms with Gasteiger partial charge in [0.1, 0.15) is 11.9 Å². The predicted molar refractivity (Wildman–Crippen MR) is 161 cm³/mol. The normalized spacial score (nSPS) is 21.5. The lowest BCUT2D eigenvalue weighted by Gasteiger charge is -2.27. The Bertz CT molecular complexity index is 1630. The number of anilines is 2. The van der Waals surface area contributed by atoms with E-state index in [9.17, 15) is 24.0 Å². The van der Waals surface area contributed by atoms with Gasteiger partial charge >= 0.3 is 0 Å². The molecule has 3 aliphatic rings. The van der Waals surface area contributed by atoms with Crippen molar-refractivity contribution in [2.45, 2.75) is 82.8 Å². The number of amides is 5. The van der Waals surface area contributed by atoms with Crippen molar-refractivity contribution in [3.05, 3.63) is 53.3 Å². The van der Waals surface area contributed by atoms with E-state index in [-0.39, 0.29) is 42.0 Å². The van der Waals surface area contributed by atoms with Crippen LogP contribution in [-0.2, 0) is 20.8 Å². The van der Waals surface area contributed by atoms with Crippen molar-refractivity contribution in [3.8, 4) is 0 Å². The molecule has 0 bridgehead atoms. The molecule has 6 rings (SSSR count). The highest BCUT2D eigenvalue weighted by Gasteiger charge is 2.45. The molecule has 1 aromatic carbocycles. The van der Waals surface area contributed by atoms with Crippen molar-refractivity contribution in [3.63, 3.8) is 0 Å². The summed E-state index contributed by atoms with van der Waals surface area (Å²) in [7, 11) is 0. The van der Waals surface area contributed by atoms with Gasteiger partial charge in [-0.05, 0) is 50.7 Å². The van der Waals surface area contributed by atoms with Crippen LogP contribution in [0.3, 0.4) is 0 Å². The Kier molecular flexibility index (Phi) is 8.27. The number of rotatable bonds is 11. The number of fused-ring (bicyclic) bond motifs is 2. The number of aryl methyl sites for hydroxylation is 1. The maximum atomic E-state index is 13.2. The Balaban J connectivity index is 0.981. The Morgan fingerprint density at radius 1 is 1.07 bits per heavy atom. The molecule has 2 aromatic heterocycles. The molecule has 4 heterocycles. The third-order valence-corrected chi connectivity index (χ3v) is 8.43. The maximum Gasteiger partial charge on any atom is 0.264 e. The van der Waals surface area contributed by atoms with Crippen molar-refractivity contribution in [1.82, 2.24) is 30.1 Å². The summed E-state index contributed by atoms with van der Waals surface area (Å²) >= 11 is 0. The van der Waals surface area contributed by atoms with E-state index in [4.69, 9.17) is 0 Å². The number of imide groups is 2. The zero-order chi connectivity index (χ0) is 30.8. The summed E-state index contributed by atoms with van der Waals surface area (Å²) in [5, 5.41) is 16.6. The molecule has 1 aliphatic carbocycles. The van der Waals surface area contributed by atoms with E-state index in [1.165, 1.54) is 0 Å². The maximum absolute atomic E-state index is 13.2. The number of hydrogen-bond acceptors (Lipinski definition) is 9. The molecule has 3 aromatic rings. The fraction of sp³-hybridized carbons (Fsp3) is 0.452. The third kappa shape index (κ3) is 5.86. The molecule has 13 nitrogen and oxygen atoms in total. The second-order valence-corrected chi connectivity index (χ2v) is 11.6. The molecule has 44 heavy (non-hydrogen) atoms. The first-order chi connectivity index (χ1) is 21.3. The van der Waals surface area contributed by atoms with Crippen LogP contribution in [0.15, 0.2) is 36.5 Å². The average Bonchev–Trinajstić information content (AvgIpc) is 3.71. The van der Waals surface area contributed by atoms with Crippen LogP contribution in [0.1, 0.15) is 84.7 Å². The molecular formula is C31H36N8O5. The summed E-state index contributed by atoms with van der Waals surface area (Å²) in [6, 6.07) is 8.16. The van der Waals surface area contributed by atoms with Crippen LogP contribution < -0.4 is 21.3 Å². The van der Waals surface area contributed by atoms with Gasteiger partial charge < -0.3 is 16.0 Å². The van der Waals surface area contributed by atoms with Crippen LogP contribution in [0.4, 0.5) is 11.5 Å². The van der Waals surface area contributed by atoms with Gasteiger partial charge in [-0.15, -0.1) is 0 Å². The van der Waals surface area contributed by atoms with Crippen molar-refractivity contribution in [1.29, 1.82) is 0 Å². The van der Waals surface area contributed by atoms with Crippen molar-refractivity contribution in [2.75, 3.05) is 17.2 Å². The molecule has 3 atom stereocenters. The Hall–Kier alpha value is -4.81. The first-order valence-corrected chi connectivity index (χ1v) is 15.3. The first kappa shape index (κ1) is 29.3. The van der Waals surface area contributed by atoms with Crippen LogP contribution in [0.5, 0.6) is 0 Å². The molecule has 5 amide bonds. The van der Waals surface area contributed by atoms with Gasteiger partial charge in [-0.3, -0.25) is 34.2 Å². The fourth-order valence-electron chi connectivity index (χ4n) is 6.34. The zero-order valence-corrected chi connectivity index (χ0v) is 24.6. The molecule has 1 unspecified atom stereocenters. The molecule has 4 N–H and O–H groups in total. The highest BCUT2D eigenvalue weighted by atomic mass is 16.2. The van der Waals surface area contributed by atoms with E-state index in [1.807, 2.05) is 10.6 Å². The molecule has 1 saturated carbocycles. The van der Waals surface area contributed by atoms with Gasteiger partial charge in [0.05, 0.1) is 17.3 Å². The molecule has 1 saturated heterocycles. The lowest BCUT2D eigenvalue weighted by molar-refractivity contribution is -0.136. The minimum atomic E-state index is -1.02. The summed E-state index contributed by atoms with van der Waals surface area (Å²) in [4.78, 5) is 68.5. The topological polar surface area (TPSA) is 167 Å². The zero-order valence-electron chi connectivity index (χ0n) is 24.6. The molecule has 0 spiro atoms. The van der Waals surface area contributed by atoms with Crippen LogP contribution in [-0.4, -0.2) is 73.7 Å². The van der Waals surface area contributed by atoms with Crippen LogP contribution in [0.2, 0.25) is 0 Å². The predicted octanol–water partition coefficient (Wildman–Crippen LogP) is 2.42. The van der Waals surface area contributed by atoms with Crippen LogP contribution >= 0.6 is 0 Å². The Labute approximate surface area is 254 Å². The van der Waals surface area contributed by atoms with Gasteiger partial charge in [0, 0.05) is 55.0 Å². The van der Waals surface area contributed by atoms with Crippen molar-refractivity contribution < 1.29 is 24.0 Å². The molecule has 13 heteroatoms. The highest BCUT2D eigenvalue weighted by molar-refractivity contribution is 6.25. The molecule has 230 valence electrons. The first-order valence-electron chi connectivity index (χ1n) is 15.3. The Morgan fingerprint density at radius 2 is 1.91 bits per heavy atom. The molecule has 2 aliphatic heterocycles. The standard InChI is InChI=1S/C31H36N8O5/c1-2-5-18-17-25(39-24(34-18)13-15-33-39)35-19-9-10-20(16-19)36-26(40)8-4-14-32-22-7-3-6-21-28(22)31(44)38(30(21)43)23-11-12-27(41)37-29(23)42/h3,6-7,13,15,17,19-20,23,32,35H,2,4-5,8-12,14,16H2,1H3,(H,36,40)(H,37,41,42)/t19-,20-,23?/m1/s1. The van der Waals surface area contributed by atoms with Gasteiger partial charge in [0.25, 0.3) is 11.8 Å². The monoisotopic (exact) mass is 600 g/mol. The number of carbonyl (C=O) groups is 5. The fourth-order valence-corrected chi connectivity index (χ4v) is 6.34. The second kappa shape index (κ2) is 12.4. The van der Waals surface area contributed by atoms with Crippen LogP contribution in [0, 0.1) is 0 Å². The van der Waals surface area contributed by atoms with Crippen molar-refractivity contribution in [2.24, 2.45) is 0 Å². The minimum Gasteiger partial charge on any atom is -0.384 e. The summed E-state index contributed by atoms with van der Waals surface area (Å²) < 4.78 is 1.82. The lowest BCUT2D eigenvalue weighted by Crippen LogP contribution is -2.54. The summed E-state index contributed by atoms with van der Waals surface area (Å²) in [6.45, 7) is 2.55. The molecule has 2 fully saturated rings.